The first kappa shape index (κ1) is 16.7. The lowest BCUT2D eigenvalue weighted by molar-refractivity contribution is -0.0968. The molecule has 1 aromatic rings. The molecule has 1 saturated carbocycles. The molecular formula is C17H25ClFNO. The van der Waals surface area contributed by atoms with Crippen LogP contribution in [0.2, 0.25) is 5.02 Å². The van der Waals surface area contributed by atoms with Crippen molar-refractivity contribution in [2.75, 3.05) is 13.7 Å². The molecule has 0 radical (unpaired) electrons. The summed E-state index contributed by atoms with van der Waals surface area (Å²) in [5.74, 6) is 0.450. The van der Waals surface area contributed by atoms with Crippen molar-refractivity contribution < 1.29 is 9.13 Å². The van der Waals surface area contributed by atoms with Crippen LogP contribution in [0.3, 0.4) is 0 Å². The highest BCUT2D eigenvalue weighted by Crippen LogP contribution is 2.43. The molecule has 0 aromatic heterocycles. The highest BCUT2D eigenvalue weighted by molar-refractivity contribution is 6.30. The van der Waals surface area contributed by atoms with Gasteiger partial charge in [-0.2, -0.15) is 0 Å². The summed E-state index contributed by atoms with van der Waals surface area (Å²) in [6, 6.07) is 4.75. The summed E-state index contributed by atoms with van der Waals surface area (Å²) in [5.41, 5.74) is 0.315. The molecule has 21 heavy (non-hydrogen) atoms. The molecular weight excluding hydrogens is 289 g/mol. The fourth-order valence-corrected chi connectivity index (χ4v) is 3.65. The third-order valence-electron chi connectivity index (χ3n) is 4.64. The van der Waals surface area contributed by atoms with Gasteiger partial charge < -0.3 is 10.1 Å². The smallest absolute Gasteiger partial charge is 0.129 e. The topological polar surface area (TPSA) is 21.3 Å². The van der Waals surface area contributed by atoms with E-state index in [9.17, 15) is 4.39 Å². The quantitative estimate of drug-likeness (QED) is 0.849. The average Bonchev–Trinajstić information content (AvgIpc) is 2.45. The highest BCUT2D eigenvalue weighted by Gasteiger charge is 2.43. The first-order valence-electron chi connectivity index (χ1n) is 7.78. The zero-order chi connectivity index (χ0) is 15.5. The van der Waals surface area contributed by atoms with Gasteiger partial charge in [0.15, 0.2) is 0 Å². The average molecular weight is 314 g/mol. The molecule has 0 amide bonds. The van der Waals surface area contributed by atoms with Crippen LogP contribution in [0, 0.1) is 11.7 Å². The van der Waals surface area contributed by atoms with Crippen molar-refractivity contribution >= 4 is 11.6 Å². The van der Waals surface area contributed by atoms with Crippen molar-refractivity contribution in [2.45, 2.75) is 51.2 Å². The molecule has 118 valence electrons. The molecule has 0 saturated heterocycles. The minimum absolute atomic E-state index is 0.151. The van der Waals surface area contributed by atoms with Gasteiger partial charge in [0, 0.05) is 17.2 Å². The van der Waals surface area contributed by atoms with Crippen LogP contribution in [0.5, 0.6) is 0 Å². The molecule has 1 atom stereocenters. The molecule has 1 N–H and O–H groups in total. The van der Waals surface area contributed by atoms with Crippen LogP contribution < -0.4 is 5.32 Å². The second-order valence-corrected chi connectivity index (χ2v) is 6.50. The predicted molar refractivity (Wildman–Crippen MR) is 85.2 cm³/mol. The molecule has 1 aliphatic carbocycles. The van der Waals surface area contributed by atoms with Gasteiger partial charge in [-0.25, -0.2) is 4.39 Å². The zero-order valence-corrected chi connectivity index (χ0v) is 13.8. The van der Waals surface area contributed by atoms with Gasteiger partial charge in [0.1, 0.15) is 5.82 Å². The van der Waals surface area contributed by atoms with E-state index in [4.69, 9.17) is 16.3 Å². The number of rotatable bonds is 5. The van der Waals surface area contributed by atoms with Gasteiger partial charge in [-0.1, -0.05) is 24.6 Å². The fourth-order valence-electron chi connectivity index (χ4n) is 3.49. The number of halogens is 2. The van der Waals surface area contributed by atoms with Gasteiger partial charge in [-0.15, -0.1) is 0 Å². The maximum absolute atomic E-state index is 14.3. The first-order chi connectivity index (χ1) is 10.0. The molecule has 0 spiro atoms. The van der Waals surface area contributed by atoms with Crippen molar-refractivity contribution in [2.24, 2.45) is 5.92 Å². The fraction of sp³-hybridized carbons (Fsp3) is 0.647. The van der Waals surface area contributed by atoms with Crippen molar-refractivity contribution in [3.8, 4) is 0 Å². The molecule has 4 heteroatoms. The first-order valence-corrected chi connectivity index (χ1v) is 8.16. The Labute approximate surface area is 132 Å². The molecule has 1 fully saturated rings. The number of ether oxygens (including phenoxy) is 1. The minimum atomic E-state index is -0.329. The van der Waals surface area contributed by atoms with Gasteiger partial charge in [-0.05, 0) is 57.7 Å². The second-order valence-electron chi connectivity index (χ2n) is 6.07. The van der Waals surface area contributed by atoms with Crippen molar-refractivity contribution in [3.05, 3.63) is 34.6 Å². The zero-order valence-electron chi connectivity index (χ0n) is 13.1. The van der Waals surface area contributed by atoms with E-state index in [0.29, 0.717) is 23.1 Å². The molecule has 0 heterocycles. The summed E-state index contributed by atoms with van der Waals surface area (Å²) < 4.78 is 20.5. The number of nitrogens with one attached hydrogen (secondary N) is 1. The van der Waals surface area contributed by atoms with Crippen LogP contribution in [-0.4, -0.2) is 19.3 Å². The Balaban J connectivity index is 2.35. The third kappa shape index (κ3) is 3.58. The van der Waals surface area contributed by atoms with E-state index in [1.165, 1.54) is 6.07 Å². The summed E-state index contributed by atoms with van der Waals surface area (Å²) in [6.07, 6.45) is 4.14. The molecule has 1 aliphatic rings. The van der Waals surface area contributed by atoms with Gasteiger partial charge in [0.2, 0.25) is 0 Å². The molecule has 2 nitrogen and oxygen atoms in total. The van der Waals surface area contributed by atoms with E-state index in [1.54, 1.807) is 12.1 Å². The van der Waals surface area contributed by atoms with Crippen molar-refractivity contribution in [3.63, 3.8) is 0 Å². The van der Waals surface area contributed by atoms with Crippen molar-refractivity contribution in [1.82, 2.24) is 5.32 Å². The van der Waals surface area contributed by atoms with Gasteiger partial charge in [-0.3, -0.25) is 0 Å². The normalized spacial score (nSPS) is 27.6. The number of hydrogen-bond acceptors (Lipinski definition) is 2. The van der Waals surface area contributed by atoms with Gasteiger partial charge >= 0.3 is 0 Å². The van der Waals surface area contributed by atoms with Crippen LogP contribution in [-0.2, 0) is 4.74 Å². The molecule has 1 unspecified atom stereocenters. The third-order valence-corrected chi connectivity index (χ3v) is 4.88. The highest BCUT2D eigenvalue weighted by atomic mass is 35.5. The van der Waals surface area contributed by atoms with E-state index >= 15 is 0 Å². The Morgan fingerprint density at radius 3 is 2.62 bits per heavy atom. The monoisotopic (exact) mass is 313 g/mol. The minimum Gasteiger partial charge on any atom is -0.373 e. The van der Waals surface area contributed by atoms with Gasteiger partial charge in [0.25, 0.3) is 0 Å². The van der Waals surface area contributed by atoms with E-state index in [1.807, 2.05) is 14.0 Å². The lowest BCUT2D eigenvalue weighted by Crippen LogP contribution is -2.48. The Morgan fingerprint density at radius 1 is 1.43 bits per heavy atom. The molecule has 1 aromatic carbocycles. The maximum atomic E-state index is 14.3. The van der Waals surface area contributed by atoms with Crippen LogP contribution in [0.15, 0.2) is 18.2 Å². The molecule has 0 aliphatic heterocycles. The maximum Gasteiger partial charge on any atom is 0.129 e. The Bertz CT molecular complexity index is 472. The summed E-state index contributed by atoms with van der Waals surface area (Å²) in [6.45, 7) is 4.92. The molecule has 0 bridgehead atoms. The lowest BCUT2D eigenvalue weighted by Gasteiger charge is -2.45. The summed E-state index contributed by atoms with van der Waals surface area (Å²) >= 11 is 5.87. The SMILES string of the molecule is CCOC1(C(NC)c2ccc(Cl)cc2F)CCC(C)CC1. The van der Waals surface area contributed by atoms with E-state index in [0.717, 1.165) is 25.7 Å². The van der Waals surface area contributed by atoms with Gasteiger partial charge in [0.05, 0.1) is 11.6 Å². The Kier molecular flexibility index (Phi) is 5.64. The number of benzene rings is 1. The van der Waals surface area contributed by atoms with Crippen LogP contribution in [0.25, 0.3) is 0 Å². The summed E-state index contributed by atoms with van der Waals surface area (Å²) in [7, 11) is 1.87. The lowest BCUT2D eigenvalue weighted by atomic mass is 9.73. The Morgan fingerprint density at radius 2 is 2.10 bits per heavy atom. The number of likely N-dealkylation sites (N-methyl/N-ethyl adjacent to an activating group) is 1. The van der Waals surface area contributed by atoms with Crippen LogP contribution in [0.1, 0.15) is 51.1 Å². The standard InChI is InChI=1S/C17H25ClFNO/c1-4-21-17(9-7-12(2)8-10-17)16(20-3)14-6-5-13(18)11-15(14)19/h5-6,11-12,16,20H,4,7-10H2,1-3H3. The van der Waals surface area contributed by atoms with Crippen LogP contribution >= 0.6 is 11.6 Å². The summed E-state index contributed by atoms with van der Waals surface area (Å²) in [4.78, 5) is 0. The van der Waals surface area contributed by atoms with Crippen LogP contribution in [0.4, 0.5) is 4.39 Å². The predicted octanol–water partition coefficient (Wildman–Crippen LogP) is 4.73. The second kappa shape index (κ2) is 7.08. The van der Waals surface area contributed by atoms with Crippen molar-refractivity contribution in [1.29, 1.82) is 0 Å². The van der Waals surface area contributed by atoms with E-state index in [-0.39, 0.29) is 17.5 Å². The number of hydrogen-bond donors (Lipinski definition) is 1. The molecule has 2 rings (SSSR count). The summed E-state index contributed by atoms with van der Waals surface area (Å²) in [5, 5.41) is 3.71. The largest absolute Gasteiger partial charge is 0.373 e. The van der Waals surface area contributed by atoms with E-state index in [2.05, 4.69) is 12.2 Å². The van der Waals surface area contributed by atoms with E-state index < -0.39 is 0 Å². The Hall–Kier alpha value is -0.640.